The van der Waals surface area contributed by atoms with Gasteiger partial charge in [0, 0.05) is 19.0 Å². The number of amides is 1. The van der Waals surface area contributed by atoms with Crippen molar-refractivity contribution in [2.75, 3.05) is 27.3 Å². The summed E-state index contributed by atoms with van der Waals surface area (Å²) >= 11 is 1.19. The van der Waals surface area contributed by atoms with Crippen LogP contribution in [-0.2, 0) is 12.6 Å². The van der Waals surface area contributed by atoms with E-state index in [-0.39, 0.29) is 28.0 Å². The van der Waals surface area contributed by atoms with Gasteiger partial charge in [-0.1, -0.05) is 6.07 Å². The maximum atomic E-state index is 14.3. The van der Waals surface area contributed by atoms with E-state index in [1.165, 1.54) is 11.3 Å². The number of hydrogen-bond donors (Lipinski definition) is 0. The number of benzene rings is 2. The smallest absolute Gasteiger partial charge is 0.416 e. The van der Waals surface area contributed by atoms with Crippen molar-refractivity contribution in [1.82, 2.24) is 9.88 Å². The van der Waals surface area contributed by atoms with Gasteiger partial charge in [0.2, 0.25) is 0 Å². The molecule has 0 radical (unpaired) electrons. The van der Waals surface area contributed by atoms with E-state index in [9.17, 15) is 22.4 Å². The molecule has 2 aliphatic rings. The minimum Gasteiger partial charge on any atom is -0.493 e. The number of aromatic nitrogens is 1. The first-order valence-corrected chi connectivity index (χ1v) is 13.4. The maximum absolute atomic E-state index is 14.3. The monoisotopic (exact) mass is 548 g/mol. The number of carbonyl (C=O) groups excluding carboxylic acids is 1. The van der Waals surface area contributed by atoms with Crippen LogP contribution in [-0.4, -0.2) is 43.1 Å². The third kappa shape index (κ3) is 5.95. The molecule has 0 saturated heterocycles. The first-order chi connectivity index (χ1) is 18.2. The van der Waals surface area contributed by atoms with E-state index >= 15 is 0 Å². The van der Waals surface area contributed by atoms with Crippen LogP contribution in [0.5, 0.6) is 11.5 Å². The van der Waals surface area contributed by atoms with E-state index in [2.05, 4.69) is 4.98 Å². The Morgan fingerprint density at radius 3 is 2.42 bits per heavy atom. The lowest BCUT2D eigenvalue weighted by atomic mass is 10.1. The molecular formula is C28H28F4N2O3S. The minimum atomic E-state index is -4.71. The van der Waals surface area contributed by atoms with Crippen LogP contribution in [0.2, 0.25) is 0 Å². The van der Waals surface area contributed by atoms with Crippen molar-refractivity contribution in [2.24, 2.45) is 5.92 Å². The molecule has 0 aliphatic heterocycles. The lowest BCUT2D eigenvalue weighted by Gasteiger charge is -2.23. The third-order valence-corrected chi connectivity index (χ3v) is 8.11. The zero-order chi connectivity index (χ0) is 27.0. The molecule has 0 atom stereocenters. The van der Waals surface area contributed by atoms with Gasteiger partial charge in [-0.3, -0.25) is 4.79 Å². The summed E-state index contributed by atoms with van der Waals surface area (Å²) in [5.41, 5.74) is -0.0103. The fraction of sp³-hybridized carbons (Fsp3) is 0.429. The molecule has 2 fully saturated rings. The van der Waals surface area contributed by atoms with Crippen LogP contribution < -0.4 is 9.47 Å². The Balaban J connectivity index is 1.46. The van der Waals surface area contributed by atoms with Crippen LogP contribution in [0, 0.1) is 11.7 Å². The number of rotatable bonds is 10. The summed E-state index contributed by atoms with van der Waals surface area (Å²) in [4.78, 5) is 20.5. The third-order valence-electron chi connectivity index (χ3n) is 6.84. The molecule has 1 aromatic heterocycles. The molecule has 0 N–H and O–H groups in total. The summed E-state index contributed by atoms with van der Waals surface area (Å²) in [5.74, 6) is 0.439. The SMILES string of the molecule is COc1ccc(CCN(CC2CC2)C(=O)c2nc(C3CC3)sc2-c2cc(F)cc(C(F)(F)F)c2)cc1OC. The highest BCUT2D eigenvalue weighted by atomic mass is 32.1. The normalized spacial score (nSPS) is 15.4. The molecule has 2 aromatic carbocycles. The summed E-state index contributed by atoms with van der Waals surface area (Å²) in [6.07, 6.45) is -0.272. The van der Waals surface area contributed by atoms with E-state index in [1.54, 1.807) is 19.1 Å². The average molecular weight is 549 g/mol. The Labute approximate surface area is 222 Å². The molecule has 5 nitrogen and oxygen atoms in total. The first-order valence-electron chi connectivity index (χ1n) is 12.5. The Bertz CT molecular complexity index is 1330. The van der Waals surface area contributed by atoms with Gasteiger partial charge < -0.3 is 14.4 Å². The van der Waals surface area contributed by atoms with E-state index in [0.717, 1.165) is 43.4 Å². The lowest BCUT2D eigenvalue weighted by molar-refractivity contribution is -0.137. The Morgan fingerprint density at radius 2 is 1.79 bits per heavy atom. The molecular weight excluding hydrogens is 520 g/mol. The van der Waals surface area contributed by atoms with Crippen LogP contribution >= 0.6 is 11.3 Å². The molecule has 5 rings (SSSR count). The summed E-state index contributed by atoms with van der Waals surface area (Å²) in [7, 11) is 3.12. The van der Waals surface area contributed by atoms with E-state index < -0.39 is 17.6 Å². The van der Waals surface area contributed by atoms with Crippen molar-refractivity contribution in [3.05, 3.63) is 64.0 Å². The van der Waals surface area contributed by atoms with Gasteiger partial charge in [0.15, 0.2) is 11.5 Å². The van der Waals surface area contributed by atoms with Crippen molar-refractivity contribution in [3.8, 4) is 21.9 Å². The van der Waals surface area contributed by atoms with Gasteiger partial charge in [0.1, 0.15) is 11.5 Å². The second-order valence-corrected chi connectivity index (χ2v) is 10.9. The van der Waals surface area contributed by atoms with Crippen LogP contribution in [0.3, 0.4) is 0 Å². The molecule has 0 unspecified atom stereocenters. The average Bonchev–Trinajstić information content (AvgIpc) is 3.83. The van der Waals surface area contributed by atoms with Gasteiger partial charge in [0.25, 0.3) is 5.91 Å². The molecule has 0 bridgehead atoms. The molecule has 38 heavy (non-hydrogen) atoms. The van der Waals surface area contributed by atoms with Crippen LogP contribution in [0.1, 0.15) is 58.2 Å². The quantitative estimate of drug-likeness (QED) is 0.257. The topological polar surface area (TPSA) is 51.7 Å². The molecule has 0 spiro atoms. The predicted octanol–water partition coefficient (Wildman–Crippen LogP) is 6.96. The molecule has 1 heterocycles. The second-order valence-electron chi connectivity index (χ2n) is 9.86. The summed E-state index contributed by atoms with van der Waals surface area (Å²) in [5, 5.41) is 0.715. The second kappa shape index (κ2) is 10.6. The predicted molar refractivity (Wildman–Crippen MR) is 136 cm³/mol. The van der Waals surface area contributed by atoms with Crippen molar-refractivity contribution >= 4 is 17.2 Å². The molecule has 2 saturated carbocycles. The summed E-state index contributed by atoms with van der Waals surface area (Å²) in [6.45, 7) is 0.941. The molecule has 2 aliphatic carbocycles. The lowest BCUT2D eigenvalue weighted by Crippen LogP contribution is -2.35. The van der Waals surface area contributed by atoms with Gasteiger partial charge in [0.05, 0.1) is 29.7 Å². The van der Waals surface area contributed by atoms with Gasteiger partial charge in [-0.05, 0) is 79.5 Å². The molecule has 1 amide bonds. The van der Waals surface area contributed by atoms with E-state index in [0.29, 0.717) is 48.0 Å². The molecule has 202 valence electrons. The van der Waals surface area contributed by atoms with Crippen molar-refractivity contribution in [3.63, 3.8) is 0 Å². The highest BCUT2D eigenvalue weighted by Gasteiger charge is 2.35. The highest BCUT2D eigenvalue weighted by molar-refractivity contribution is 7.15. The number of nitrogens with zero attached hydrogens (tertiary/aromatic N) is 2. The van der Waals surface area contributed by atoms with Crippen molar-refractivity contribution < 1.29 is 31.8 Å². The summed E-state index contributed by atoms with van der Waals surface area (Å²) < 4.78 is 65.3. The number of alkyl halides is 3. The van der Waals surface area contributed by atoms with Gasteiger partial charge in [-0.2, -0.15) is 13.2 Å². The fourth-order valence-corrected chi connectivity index (χ4v) is 5.62. The molecule has 3 aromatic rings. The Morgan fingerprint density at radius 1 is 1.05 bits per heavy atom. The number of carbonyl (C=O) groups is 1. The van der Waals surface area contributed by atoms with Crippen LogP contribution in [0.4, 0.5) is 17.6 Å². The van der Waals surface area contributed by atoms with Crippen LogP contribution in [0.25, 0.3) is 10.4 Å². The Hall–Kier alpha value is -3.14. The maximum Gasteiger partial charge on any atom is 0.416 e. The number of hydrogen-bond acceptors (Lipinski definition) is 5. The van der Waals surface area contributed by atoms with E-state index in [1.807, 2.05) is 18.2 Å². The van der Waals surface area contributed by atoms with E-state index in [4.69, 9.17) is 9.47 Å². The zero-order valence-electron chi connectivity index (χ0n) is 21.1. The standard InChI is InChI=1S/C28H28F4N2O3S/c1-36-22-8-5-16(11-23(22)37-2)9-10-34(15-17-3-4-17)27(35)24-25(38-26(33-24)18-6-7-18)19-12-20(28(30,31)32)14-21(29)13-19/h5,8,11-14,17-18H,3-4,6-7,9-10,15H2,1-2H3. The van der Waals surface area contributed by atoms with Gasteiger partial charge in [-0.25, -0.2) is 9.37 Å². The first kappa shape index (κ1) is 26.5. The van der Waals surface area contributed by atoms with Gasteiger partial charge in [-0.15, -0.1) is 11.3 Å². The number of methoxy groups -OCH3 is 2. The number of halogens is 4. The van der Waals surface area contributed by atoms with Crippen LogP contribution in [0.15, 0.2) is 36.4 Å². The van der Waals surface area contributed by atoms with Gasteiger partial charge >= 0.3 is 6.18 Å². The fourth-order valence-electron chi connectivity index (χ4n) is 4.40. The van der Waals surface area contributed by atoms with Crippen molar-refractivity contribution in [1.29, 1.82) is 0 Å². The number of thiazole rings is 1. The van der Waals surface area contributed by atoms with Crippen molar-refractivity contribution in [2.45, 2.75) is 44.2 Å². The minimum absolute atomic E-state index is 0.0244. The highest BCUT2D eigenvalue weighted by Crippen LogP contribution is 2.46. The molecule has 10 heteroatoms. The largest absolute Gasteiger partial charge is 0.493 e. The Kier molecular flexibility index (Phi) is 7.35. The summed E-state index contributed by atoms with van der Waals surface area (Å²) in [6, 6.07) is 8.00. The number of ether oxygens (including phenoxy) is 2. The zero-order valence-corrected chi connectivity index (χ0v) is 21.9.